The molecule has 1 fully saturated rings. The van der Waals surface area contributed by atoms with Crippen LogP contribution in [0.1, 0.15) is 55.7 Å². The van der Waals surface area contributed by atoms with Crippen molar-refractivity contribution in [3.63, 3.8) is 0 Å². The molecule has 172 valence electrons. The molecule has 6 heteroatoms. The van der Waals surface area contributed by atoms with Crippen LogP contribution in [-0.2, 0) is 16.1 Å². The van der Waals surface area contributed by atoms with Crippen LogP contribution in [0.5, 0.6) is 5.75 Å². The minimum absolute atomic E-state index is 0.100. The highest BCUT2D eigenvalue weighted by Crippen LogP contribution is 2.22. The average Bonchev–Trinajstić information content (AvgIpc) is 2.79. The first kappa shape index (κ1) is 24.3. The van der Waals surface area contributed by atoms with Gasteiger partial charge in [0, 0.05) is 17.1 Å². The number of nitrogens with zero attached hydrogens (tertiary/aromatic N) is 1. The molecule has 0 aliphatic heterocycles. The summed E-state index contributed by atoms with van der Waals surface area (Å²) in [5.41, 5.74) is 3.18. The molecular formula is C26H33BrN2O3. The summed E-state index contributed by atoms with van der Waals surface area (Å²) < 4.78 is 6.77. The van der Waals surface area contributed by atoms with Gasteiger partial charge in [0.05, 0.1) is 0 Å². The van der Waals surface area contributed by atoms with Crippen LogP contribution in [0, 0.1) is 13.8 Å². The molecule has 0 aromatic heterocycles. The topological polar surface area (TPSA) is 58.6 Å². The van der Waals surface area contributed by atoms with Crippen LogP contribution in [0.25, 0.3) is 0 Å². The lowest BCUT2D eigenvalue weighted by atomic mass is 9.95. The summed E-state index contributed by atoms with van der Waals surface area (Å²) in [6.45, 7) is 6.05. The first-order valence-corrected chi connectivity index (χ1v) is 12.2. The molecule has 5 nitrogen and oxygen atoms in total. The molecule has 2 aromatic carbocycles. The van der Waals surface area contributed by atoms with E-state index in [-0.39, 0.29) is 24.5 Å². The number of aryl methyl sites for hydroxylation is 2. The van der Waals surface area contributed by atoms with Crippen molar-refractivity contribution in [3.05, 3.63) is 63.6 Å². The Hall–Kier alpha value is -2.34. The highest BCUT2D eigenvalue weighted by Gasteiger charge is 2.28. The molecule has 1 aliphatic carbocycles. The third-order valence-corrected chi connectivity index (χ3v) is 6.97. The van der Waals surface area contributed by atoms with Crippen LogP contribution in [0.3, 0.4) is 0 Å². The molecule has 1 aliphatic rings. The summed E-state index contributed by atoms with van der Waals surface area (Å²) in [4.78, 5) is 27.8. The van der Waals surface area contributed by atoms with Crippen LogP contribution in [0.15, 0.2) is 46.9 Å². The van der Waals surface area contributed by atoms with Crippen molar-refractivity contribution in [1.29, 1.82) is 0 Å². The SMILES string of the molecule is Cc1ccc(CN(C(=O)COc2ccc(Br)c(C)c2)[C@@H](C)C(=O)NC2CCCCC2)cc1. The molecule has 1 atom stereocenters. The summed E-state index contributed by atoms with van der Waals surface area (Å²) >= 11 is 3.48. The van der Waals surface area contributed by atoms with Crippen LogP contribution in [0.4, 0.5) is 0 Å². The second-order valence-electron chi connectivity index (χ2n) is 8.73. The number of ether oxygens (including phenoxy) is 1. The third kappa shape index (κ3) is 6.83. The number of carbonyl (C=O) groups is 2. The zero-order chi connectivity index (χ0) is 23.1. The van der Waals surface area contributed by atoms with E-state index in [1.54, 1.807) is 11.8 Å². The summed E-state index contributed by atoms with van der Waals surface area (Å²) in [5.74, 6) is 0.322. The van der Waals surface area contributed by atoms with Crippen molar-refractivity contribution in [2.45, 2.75) is 71.5 Å². The van der Waals surface area contributed by atoms with Gasteiger partial charge in [-0.2, -0.15) is 0 Å². The molecule has 3 rings (SSSR count). The quantitative estimate of drug-likeness (QED) is 0.534. The Morgan fingerprint density at radius 3 is 2.44 bits per heavy atom. The largest absolute Gasteiger partial charge is 0.484 e. The average molecular weight is 501 g/mol. The zero-order valence-corrected chi connectivity index (χ0v) is 20.8. The summed E-state index contributed by atoms with van der Waals surface area (Å²) in [6, 6.07) is 13.3. The maximum Gasteiger partial charge on any atom is 0.261 e. The van der Waals surface area contributed by atoms with E-state index in [4.69, 9.17) is 4.74 Å². The van der Waals surface area contributed by atoms with E-state index in [1.807, 2.05) is 56.3 Å². The second-order valence-corrected chi connectivity index (χ2v) is 9.58. The molecular weight excluding hydrogens is 468 g/mol. The molecule has 0 radical (unpaired) electrons. The van der Waals surface area contributed by atoms with Crippen molar-refractivity contribution < 1.29 is 14.3 Å². The van der Waals surface area contributed by atoms with Gasteiger partial charge in [0.15, 0.2) is 6.61 Å². The number of benzene rings is 2. The lowest BCUT2D eigenvalue weighted by Gasteiger charge is -2.31. The second kappa shape index (κ2) is 11.5. The Kier molecular flexibility index (Phi) is 8.74. The number of halogens is 1. The van der Waals surface area contributed by atoms with Crippen molar-refractivity contribution in [3.8, 4) is 5.75 Å². The number of rotatable bonds is 8. The fraction of sp³-hybridized carbons (Fsp3) is 0.462. The maximum atomic E-state index is 13.2. The fourth-order valence-corrected chi connectivity index (χ4v) is 4.22. The van der Waals surface area contributed by atoms with Crippen molar-refractivity contribution in [2.75, 3.05) is 6.61 Å². The number of nitrogens with one attached hydrogen (secondary N) is 1. The Morgan fingerprint density at radius 1 is 1.09 bits per heavy atom. The number of hydrogen-bond acceptors (Lipinski definition) is 3. The third-order valence-electron chi connectivity index (χ3n) is 6.08. The van der Waals surface area contributed by atoms with Crippen LogP contribution >= 0.6 is 15.9 Å². The molecule has 1 N–H and O–H groups in total. The van der Waals surface area contributed by atoms with Gasteiger partial charge in [-0.25, -0.2) is 0 Å². The Labute approximate surface area is 199 Å². The van der Waals surface area contributed by atoms with Crippen molar-refractivity contribution in [2.24, 2.45) is 0 Å². The van der Waals surface area contributed by atoms with E-state index in [9.17, 15) is 9.59 Å². The van der Waals surface area contributed by atoms with Gasteiger partial charge < -0.3 is 15.0 Å². The van der Waals surface area contributed by atoms with Gasteiger partial charge in [0.2, 0.25) is 5.91 Å². The highest BCUT2D eigenvalue weighted by atomic mass is 79.9. The van der Waals surface area contributed by atoms with E-state index >= 15 is 0 Å². The predicted octanol–water partition coefficient (Wildman–Crippen LogP) is 5.31. The summed E-state index contributed by atoms with van der Waals surface area (Å²) in [7, 11) is 0. The normalized spacial score (nSPS) is 15.1. The lowest BCUT2D eigenvalue weighted by Crippen LogP contribution is -2.51. The smallest absolute Gasteiger partial charge is 0.261 e. The van der Waals surface area contributed by atoms with E-state index in [0.717, 1.165) is 46.8 Å². The molecule has 0 saturated heterocycles. The van der Waals surface area contributed by atoms with Gasteiger partial charge in [-0.3, -0.25) is 9.59 Å². The molecule has 32 heavy (non-hydrogen) atoms. The highest BCUT2D eigenvalue weighted by molar-refractivity contribution is 9.10. The maximum absolute atomic E-state index is 13.2. The Morgan fingerprint density at radius 2 is 1.78 bits per heavy atom. The van der Waals surface area contributed by atoms with Gasteiger partial charge in [-0.05, 0) is 62.9 Å². The van der Waals surface area contributed by atoms with E-state index in [0.29, 0.717) is 12.3 Å². The van der Waals surface area contributed by atoms with Crippen LogP contribution < -0.4 is 10.1 Å². The van der Waals surface area contributed by atoms with E-state index in [2.05, 4.69) is 21.2 Å². The molecule has 0 spiro atoms. The molecule has 0 bridgehead atoms. The van der Waals surface area contributed by atoms with Crippen molar-refractivity contribution in [1.82, 2.24) is 10.2 Å². The Bertz CT molecular complexity index is 923. The van der Waals surface area contributed by atoms with Gasteiger partial charge >= 0.3 is 0 Å². The summed E-state index contributed by atoms with van der Waals surface area (Å²) in [6.07, 6.45) is 5.54. The zero-order valence-electron chi connectivity index (χ0n) is 19.2. The minimum Gasteiger partial charge on any atom is -0.484 e. The Balaban J connectivity index is 1.70. The molecule has 2 aromatic rings. The molecule has 0 heterocycles. The predicted molar refractivity (Wildman–Crippen MR) is 131 cm³/mol. The van der Waals surface area contributed by atoms with Gasteiger partial charge in [-0.15, -0.1) is 0 Å². The molecule has 1 saturated carbocycles. The first-order valence-electron chi connectivity index (χ1n) is 11.4. The number of hydrogen-bond donors (Lipinski definition) is 1. The fourth-order valence-electron chi connectivity index (χ4n) is 3.98. The van der Waals surface area contributed by atoms with Gasteiger partial charge in [0.25, 0.3) is 5.91 Å². The van der Waals surface area contributed by atoms with Crippen molar-refractivity contribution >= 4 is 27.7 Å². The van der Waals surface area contributed by atoms with Gasteiger partial charge in [-0.1, -0.05) is 65.0 Å². The van der Waals surface area contributed by atoms with Crippen LogP contribution in [0.2, 0.25) is 0 Å². The lowest BCUT2D eigenvalue weighted by molar-refractivity contribution is -0.142. The number of amides is 2. The standard InChI is InChI=1S/C26H33BrN2O3/c1-18-9-11-21(12-10-18)16-29(20(3)26(31)28-22-7-5-4-6-8-22)25(30)17-32-23-13-14-24(27)19(2)15-23/h9-15,20,22H,4-8,16-17H2,1-3H3,(H,28,31)/t20-/m0/s1. The monoisotopic (exact) mass is 500 g/mol. The first-order chi connectivity index (χ1) is 15.3. The minimum atomic E-state index is -0.582. The molecule has 0 unspecified atom stereocenters. The van der Waals surface area contributed by atoms with E-state index in [1.165, 1.54) is 6.42 Å². The van der Waals surface area contributed by atoms with Crippen LogP contribution in [-0.4, -0.2) is 35.4 Å². The number of carbonyl (C=O) groups excluding carboxylic acids is 2. The summed E-state index contributed by atoms with van der Waals surface area (Å²) in [5, 5.41) is 3.16. The van der Waals surface area contributed by atoms with Gasteiger partial charge in [0.1, 0.15) is 11.8 Å². The van der Waals surface area contributed by atoms with E-state index < -0.39 is 6.04 Å². The molecule has 2 amide bonds.